The normalized spacial score (nSPS) is 18.2. The van der Waals surface area contributed by atoms with Crippen LogP contribution < -0.4 is 9.80 Å². The van der Waals surface area contributed by atoms with E-state index in [2.05, 4.69) is 192 Å². The number of hydrogen-bond acceptors (Lipinski definition) is 2. The molecular formula is C44H36N2. The van der Waals surface area contributed by atoms with Crippen LogP contribution in [0.15, 0.2) is 193 Å². The summed E-state index contributed by atoms with van der Waals surface area (Å²) in [5.74, 6) is 0.442. The van der Waals surface area contributed by atoms with Crippen molar-refractivity contribution in [1.29, 1.82) is 0 Å². The highest BCUT2D eigenvalue weighted by Crippen LogP contribution is 2.40. The van der Waals surface area contributed by atoms with Crippen LogP contribution in [0.3, 0.4) is 0 Å². The largest absolute Gasteiger partial charge is 0.334 e. The molecule has 0 fully saturated rings. The molecule has 2 unspecified atom stereocenters. The summed E-state index contributed by atoms with van der Waals surface area (Å²) in [6.45, 7) is 0. The van der Waals surface area contributed by atoms with E-state index in [1.807, 2.05) is 0 Å². The summed E-state index contributed by atoms with van der Waals surface area (Å²) in [7, 11) is 0. The number of anilines is 4. The molecule has 5 aromatic rings. The van der Waals surface area contributed by atoms with Crippen LogP contribution in [-0.2, 0) is 0 Å². The first-order valence-corrected chi connectivity index (χ1v) is 16.3. The fourth-order valence-corrected chi connectivity index (χ4v) is 7.00. The molecule has 3 aliphatic carbocycles. The molecule has 2 atom stereocenters. The molecule has 0 spiro atoms. The summed E-state index contributed by atoms with van der Waals surface area (Å²) in [5.41, 5.74) is 9.77. The summed E-state index contributed by atoms with van der Waals surface area (Å²) in [4.78, 5) is 4.88. The fraction of sp³-hybridized carbons (Fsp3) is 0.0909. The Kier molecular flexibility index (Phi) is 7.54. The molecule has 0 heterocycles. The highest BCUT2D eigenvalue weighted by atomic mass is 15.2. The van der Waals surface area contributed by atoms with Crippen LogP contribution in [0.4, 0.5) is 22.7 Å². The van der Waals surface area contributed by atoms with Gasteiger partial charge in [-0.05, 0) is 83.5 Å². The van der Waals surface area contributed by atoms with Crippen LogP contribution in [0.1, 0.15) is 12.8 Å². The zero-order valence-corrected chi connectivity index (χ0v) is 25.8. The fourth-order valence-electron chi connectivity index (χ4n) is 7.00. The summed E-state index contributed by atoms with van der Waals surface area (Å²) in [6.07, 6.45) is 24.6. The van der Waals surface area contributed by atoms with Gasteiger partial charge in [-0.15, -0.1) is 0 Å². The van der Waals surface area contributed by atoms with E-state index in [-0.39, 0.29) is 6.04 Å². The Morgan fingerprint density at radius 3 is 1.98 bits per heavy atom. The average Bonchev–Trinajstić information content (AvgIpc) is 3.14. The first kappa shape index (κ1) is 27.9. The second kappa shape index (κ2) is 12.4. The third kappa shape index (κ3) is 5.33. The Labute approximate surface area is 271 Å². The maximum absolute atomic E-state index is 2.52. The zero-order chi connectivity index (χ0) is 30.7. The van der Waals surface area contributed by atoms with Gasteiger partial charge in [0, 0.05) is 34.1 Å². The van der Waals surface area contributed by atoms with Crippen molar-refractivity contribution in [3.63, 3.8) is 0 Å². The predicted molar refractivity (Wildman–Crippen MR) is 196 cm³/mol. The third-order valence-electron chi connectivity index (χ3n) is 9.27. The molecular weight excluding hydrogens is 556 g/mol. The van der Waals surface area contributed by atoms with Gasteiger partial charge in [-0.2, -0.15) is 0 Å². The van der Waals surface area contributed by atoms with Crippen LogP contribution in [0.5, 0.6) is 0 Å². The summed E-state index contributed by atoms with van der Waals surface area (Å²) < 4.78 is 0. The lowest BCUT2D eigenvalue weighted by molar-refractivity contribution is 0.713. The number of para-hydroxylation sites is 1. The molecule has 0 saturated heterocycles. The van der Waals surface area contributed by atoms with Gasteiger partial charge in [0.15, 0.2) is 0 Å². The van der Waals surface area contributed by atoms with Crippen LogP contribution in [-0.4, -0.2) is 6.04 Å². The maximum atomic E-state index is 2.52. The molecule has 0 aromatic heterocycles. The van der Waals surface area contributed by atoms with E-state index in [9.17, 15) is 0 Å². The van der Waals surface area contributed by atoms with Gasteiger partial charge in [-0.3, -0.25) is 0 Å². The quantitative estimate of drug-likeness (QED) is 0.185. The zero-order valence-electron chi connectivity index (χ0n) is 25.8. The molecule has 46 heavy (non-hydrogen) atoms. The minimum absolute atomic E-state index is 0.276. The maximum Gasteiger partial charge on any atom is 0.0559 e. The number of fused-ring (bicyclic) bond motifs is 2. The van der Waals surface area contributed by atoms with E-state index in [0.29, 0.717) is 5.92 Å². The van der Waals surface area contributed by atoms with Gasteiger partial charge in [-0.1, -0.05) is 134 Å². The number of rotatable bonds is 7. The van der Waals surface area contributed by atoms with Crippen molar-refractivity contribution in [2.45, 2.75) is 18.9 Å². The van der Waals surface area contributed by atoms with Gasteiger partial charge in [0.25, 0.3) is 0 Å². The molecule has 8 rings (SSSR count). The van der Waals surface area contributed by atoms with Crippen LogP contribution in [0, 0.1) is 5.92 Å². The van der Waals surface area contributed by atoms with Gasteiger partial charge < -0.3 is 9.80 Å². The number of benzene rings is 5. The van der Waals surface area contributed by atoms with Crippen LogP contribution >= 0.6 is 0 Å². The molecule has 2 heteroatoms. The Morgan fingerprint density at radius 2 is 1.20 bits per heavy atom. The van der Waals surface area contributed by atoms with Crippen molar-refractivity contribution in [2.24, 2.45) is 5.92 Å². The smallest absolute Gasteiger partial charge is 0.0559 e. The Morgan fingerprint density at radius 1 is 0.500 bits per heavy atom. The van der Waals surface area contributed by atoms with Crippen LogP contribution in [0.25, 0.3) is 21.9 Å². The standard InChI is InChI=1S/C44H36N2/c1-3-17-37(18-4-1)45(43-23-11-15-35-13-7-9-21-41(35)43)39-29-25-33(26-30-39)34-27-31-40(32-28-34)46(38-19-5-2-6-20-38)44-24-12-16-36-14-8-10-22-42(36)44/h1-15,17-19,21-32,36,38H,16,20H2. The Balaban J connectivity index is 1.13. The first-order chi connectivity index (χ1) is 22.8. The minimum atomic E-state index is 0.276. The van der Waals surface area contributed by atoms with E-state index in [0.717, 1.165) is 24.2 Å². The molecule has 0 bridgehead atoms. The molecule has 3 aliphatic rings. The van der Waals surface area contributed by atoms with Gasteiger partial charge in [0.2, 0.25) is 0 Å². The number of hydrogen-bond donors (Lipinski definition) is 0. The van der Waals surface area contributed by atoms with Crippen molar-refractivity contribution in [2.75, 3.05) is 9.80 Å². The summed E-state index contributed by atoms with van der Waals surface area (Å²) >= 11 is 0. The minimum Gasteiger partial charge on any atom is -0.334 e. The molecule has 0 amide bonds. The van der Waals surface area contributed by atoms with Crippen LogP contribution in [0.2, 0.25) is 0 Å². The monoisotopic (exact) mass is 592 g/mol. The highest BCUT2D eigenvalue weighted by Gasteiger charge is 2.26. The lowest BCUT2D eigenvalue weighted by Crippen LogP contribution is -2.35. The molecule has 222 valence electrons. The first-order valence-electron chi connectivity index (χ1n) is 16.3. The molecule has 5 aromatic carbocycles. The molecule has 2 nitrogen and oxygen atoms in total. The lowest BCUT2D eigenvalue weighted by atomic mass is 9.85. The molecule has 0 saturated carbocycles. The highest BCUT2D eigenvalue weighted by molar-refractivity contribution is 5.99. The Hall–Kier alpha value is -5.60. The SMILES string of the molecule is C1=CCC(N(C2=C3C=CC=CC3CC=C2)c2ccc(-c3ccc(N(c4ccccc4)c4cccc5ccccc45)cc3)cc2)C=C1. The topological polar surface area (TPSA) is 6.48 Å². The molecule has 0 N–H and O–H groups in total. The predicted octanol–water partition coefficient (Wildman–Crippen LogP) is 11.6. The third-order valence-corrected chi connectivity index (χ3v) is 9.27. The van der Waals surface area contributed by atoms with Crippen molar-refractivity contribution in [3.8, 4) is 11.1 Å². The van der Waals surface area contributed by atoms with Crippen molar-refractivity contribution >= 4 is 33.5 Å². The van der Waals surface area contributed by atoms with Gasteiger partial charge >= 0.3 is 0 Å². The summed E-state index contributed by atoms with van der Waals surface area (Å²) in [6, 6.07) is 44.2. The van der Waals surface area contributed by atoms with Crippen molar-refractivity contribution < 1.29 is 0 Å². The second-order valence-electron chi connectivity index (χ2n) is 12.1. The van der Waals surface area contributed by atoms with E-state index in [1.165, 1.54) is 44.5 Å². The van der Waals surface area contributed by atoms with Gasteiger partial charge in [0.05, 0.1) is 11.7 Å². The number of allylic oxidation sites excluding steroid dienone is 9. The van der Waals surface area contributed by atoms with Gasteiger partial charge in [-0.25, -0.2) is 0 Å². The van der Waals surface area contributed by atoms with E-state index in [4.69, 9.17) is 0 Å². The Bertz CT molecular complexity index is 2030. The van der Waals surface area contributed by atoms with E-state index < -0.39 is 0 Å². The van der Waals surface area contributed by atoms with E-state index >= 15 is 0 Å². The summed E-state index contributed by atoms with van der Waals surface area (Å²) in [5, 5.41) is 2.47. The van der Waals surface area contributed by atoms with E-state index in [1.54, 1.807) is 0 Å². The average molecular weight is 593 g/mol. The molecule has 0 aliphatic heterocycles. The van der Waals surface area contributed by atoms with Crippen molar-refractivity contribution in [3.05, 3.63) is 193 Å². The molecule has 0 radical (unpaired) electrons. The van der Waals surface area contributed by atoms with Crippen molar-refractivity contribution in [1.82, 2.24) is 0 Å². The van der Waals surface area contributed by atoms with Gasteiger partial charge in [0.1, 0.15) is 0 Å². The number of nitrogens with zero attached hydrogens (tertiary/aromatic N) is 2. The second-order valence-corrected chi connectivity index (χ2v) is 12.1. The lowest BCUT2D eigenvalue weighted by Gasteiger charge is -2.37.